The molecule has 1 heterocycles. The van der Waals surface area contributed by atoms with E-state index in [4.69, 9.17) is 0 Å². The molecule has 0 aliphatic carbocycles. The number of rotatable bonds is 3. The van der Waals surface area contributed by atoms with Crippen molar-refractivity contribution in [1.82, 2.24) is 10.2 Å². The lowest BCUT2D eigenvalue weighted by molar-refractivity contribution is -0.128. The molecule has 0 saturated carbocycles. The molecule has 2 rings (SSSR count). The number of hydrogen-bond acceptors (Lipinski definition) is 3. The predicted octanol–water partition coefficient (Wildman–Crippen LogP) is 2.24. The van der Waals surface area contributed by atoms with Crippen LogP contribution in [0.4, 0.5) is 0 Å². The summed E-state index contributed by atoms with van der Waals surface area (Å²) in [6, 6.07) is 3.59. The van der Waals surface area contributed by atoms with Gasteiger partial charge in [-0.05, 0) is 56.0 Å². The zero-order valence-corrected chi connectivity index (χ0v) is 13.1. The highest BCUT2D eigenvalue weighted by atomic mass is 79.9. The van der Waals surface area contributed by atoms with Crippen LogP contribution in [-0.4, -0.2) is 35.5 Å². The standard InChI is InChI=1S/C12H14Br2N2O2/c1-16-3-2-10(12(16)18)15-6-7-4-8(13)11(17)9(14)5-7/h4-5,10,15,17H,2-3,6H2,1H3. The summed E-state index contributed by atoms with van der Waals surface area (Å²) in [4.78, 5) is 13.5. The SMILES string of the molecule is CN1CCC(NCc2cc(Br)c(O)c(Br)c2)C1=O. The Labute approximate surface area is 123 Å². The number of nitrogens with one attached hydrogen (secondary N) is 1. The van der Waals surface area contributed by atoms with Gasteiger partial charge in [0.05, 0.1) is 15.0 Å². The van der Waals surface area contributed by atoms with Crippen molar-refractivity contribution in [1.29, 1.82) is 0 Å². The van der Waals surface area contributed by atoms with Gasteiger partial charge in [0, 0.05) is 20.1 Å². The minimum atomic E-state index is -0.0960. The molecule has 0 radical (unpaired) electrons. The second kappa shape index (κ2) is 5.59. The largest absolute Gasteiger partial charge is 0.506 e. The molecule has 1 aliphatic heterocycles. The smallest absolute Gasteiger partial charge is 0.239 e. The highest BCUT2D eigenvalue weighted by Gasteiger charge is 2.28. The van der Waals surface area contributed by atoms with Gasteiger partial charge in [0.15, 0.2) is 0 Å². The molecule has 1 saturated heterocycles. The zero-order chi connectivity index (χ0) is 13.3. The van der Waals surface area contributed by atoms with E-state index < -0.39 is 0 Å². The Morgan fingerprint density at radius 3 is 2.56 bits per heavy atom. The Kier molecular flexibility index (Phi) is 4.29. The van der Waals surface area contributed by atoms with Crippen molar-refractivity contribution in [2.24, 2.45) is 0 Å². The van der Waals surface area contributed by atoms with E-state index in [0.717, 1.165) is 18.5 Å². The van der Waals surface area contributed by atoms with Crippen LogP contribution in [0.25, 0.3) is 0 Å². The number of carbonyl (C=O) groups is 1. The first-order valence-corrected chi connectivity index (χ1v) is 7.23. The second-order valence-electron chi connectivity index (χ2n) is 4.39. The minimum absolute atomic E-state index is 0.0960. The van der Waals surface area contributed by atoms with E-state index in [1.807, 2.05) is 19.2 Å². The maximum absolute atomic E-state index is 11.7. The Hall–Kier alpha value is -0.590. The minimum Gasteiger partial charge on any atom is -0.506 e. The maximum atomic E-state index is 11.7. The van der Waals surface area contributed by atoms with E-state index in [2.05, 4.69) is 37.2 Å². The van der Waals surface area contributed by atoms with Crippen LogP contribution < -0.4 is 5.32 Å². The predicted molar refractivity (Wildman–Crippen MR) is 76.4 cm³/mol. The van der Waals surface area contributed by atoms with Gasteiger partial charge in [-0.25, -0.2) is 0 Å². The summed E-state index contributed by atoms with van der Waals surface area (Å²) < 4.78 is 1.28. The number of phenols is 1. The maximum Gasteiger partial charge on any atom is 0.239 e. The fraction of sp³-hybridized carbons (Fsp3) is 0.417. The molecule has 1 aromatic carbocycles. The van der Waals surface area contributed by atoms with Gasteiger partial charge < -0.3 is 15.3 Å². The molecular formula is C12H14Br2N2O2. The van der Waals surface area contributed by atoms with E-state index in [9.17, 15) is 9.90 Å². The third-order valence-corrected chi connectivity index (χ3v) is 4.27. The molecule has 2 N–H and O–H groups in total. The van der Waals surface area contributed by atoms with Crippen LogP contribution in [0.2, 0.25) is 0 Å². The van der Waals surface area contributed by atoms with E-state index in [0.29, 0.717) is 15.5 Å². The number of benzene rings is 1. The first kappa shape index (κ1) is 13.8. The number of nitrogens with zero attached hydrogens (tertiary/aromatic N) is 1. The number of phenolic OH excluding ortho intramolecular Hbond substituents is 1. The Balaban J connectivity index is 2.01. The van der Waals surface area contributed by atoms with Crippen molar-refractivity contribution < 1.29 is 9.90 Å². The Bertz CT molecular complexity index is 456. The van der Waals surface area contributed by atoms with Gasteiger partial charge in [-0.1, -0.05) is 0 Å². The molecule has 0 aromatic heterocycles. The Morgan fingerprint density at radius 2 is 2.06 bits per heavy atom. The van der Waals surface area contributed by atoms with Gasteiger partial charge in [0.25, 0.3) is 0 Å². The van der Waals surface area contributed by atoms with E-state index in [1.165, 1.54) is 0 Å². The normalized spacial score (nSPS) is 19.6. The van der Waals surface area contributed by atoms with Gasteiger partial charge in [0.1, 0.15) is 5.75 Å². The van der Waals surface area contributed by atoms with Gasteiger partial charge in [-0.3, -0.25) is 4.79 Å². The number of likely N-dealkylation sites (N-methyl/N-ethyl adjacent to an activating group) is 1. The van der Waals surface area contributed by atoms with Crippen molar-refractivity contribution in [3.63, 3.8) is 0 Å². The van der Waals surface area contributed by atoms with Crippen molar-refractivity contribution in [3.8, 4) is 5.75 Å². The zero-order valence-electron chi connectivity index (χ0n) is 9.91. The average Bonchev–Trinajstić information content (AvgIpc) is 2.64. The molecule has 1 atom stereocenters. The summed E-state index contributed by atoms with van der Waals surface area (Å²) in [7, 11) is 1.82. The molecule has 0 spiro atoms. The fourth-order valence-corrected chi connectivity index (χ4v) is 3.25. The summed E-state index contributed by atoms with van der Waals surface area (Å²) in [5.41, 5.74) is 1.01. The third-order valence-electron chi connectivity index (χ3n) is 3.06. The van der Waals surface area contributed by atoms with Crippen LogP contribution in [0.5, 0.6) is 5.75 Å². The van der Waals surface area contributed by atoms with Gasteiger partial charge in [-0.2, -0.15) is 0 Å². The molecule has 0 bridgehead atoms. The van der Waals surface area contributed by atoms with E-state index in [1.54, 1.807) is 4.90 Å². The van der Waals surface area contributed by atoms with E-state index in [-0.39, 0.29) is 17.7 Å². The molecule has 1 unspecified atom stereocenters. The molecular weight excluding hydrogens is 364 g/mol. The molecule has 1 aromatic rings. The van der Waals surface area contributed by atoms with Crippen molar-refractivity contribution in [2.75, 3.05) is 13.6 Å². The highest BCUT2D eigenvalue weighted by Crippen LogP contribution is 2.33. The first-order valence-electron chi connectivity index (χ1n) is 5.64. The molecule has 1 fully saturated rings. The number of aromatic hydroxyl groups is 1. The lowest BCUT2D eigenvalue weighted by atomic mass is 10.2. The number of likely N-dealkylation sites (tertiary alicyclic amines) is 1. The Morgan fingerprint density at radius 1 is 1.44 bits per heavy atom. The fourth-order valence-electron chi connectivity index (χ4n) is 1.97. The number of hydrogen-bond donors (Lipinski definition) is 2. The van der Waals surface area contributed by atoms with Crippen LogP contribution in [0.1, 0.15) is 12.0 Å². The van der Waals surface area contributed by atoms with Gasteiger partial charge in [-0.15, -0.1) is 0 Å². The molecule has 1 amide bonds. The summed E-state index contributed by atoms with van der Waals surface area (Å²) in [5, 5.41) is 12.8. The second-order valence-corrected chi connectivity index (χ2v) is 6.10. The van der Waals surface area contributed by atoms with Crippen LogP contribution in [-0.2, 0) is 11.3 Å². The average molecular weight is 378 g/mol. The third kappa shape index (κ3) is 2.87. The lowest BCUT2D eigenvalue weighted by Crippen LogP contribution is -2.36. The number of carbonyl (C=O) groups excluding carboxylic acids is 1. The van der Waals surface area contributed by atoms with Crippen molar-refractivity contribution in [3.05, 3.63) is 26.6 Å². The topological polar surface area (TPSA) is 52.6 Å². The van der Waals surface area contributed by atoms with Crippen LogP contribution in [0, 0.1) is 0 Å². The monoisotopic (exact) mass is 376 g/mol. The quantitative estimate of drug-likeness (QED) is 0.849. The lowest BCUT2D eigenvalue weighted by Gasteiger charge is -2.13. The first-order chi connectivity index (χ1) is 8.49. The molecule has 6 heteroatoms. The summed E-state index contributed by atoms with van der Waals surface area (Å²) in [6.45, 7) is 1.40. The van der Waals surface area contributed by atoms with Crippen LogP contribution in [0.3, 0.4) is 0 Å². The number of halogens is 2. The van der Waals surface area contributed by atoms with Gasteiger partial charge in [0.2, 0.25) is 5.91 Å². The van der Waals surface area contributed by atoms with Crippen LogP contribution in [0.15, 0.2) is 21.1 Å². The molecule has 1 aliphatic rings. The molecule has 98 valence electrons. The highest BCUT2D eigenvalue weighted by molar-refractivity contribution is 9.11. The van der Waals surface area contributed by atoms with Crippen molar-refractivity contribution >= 4 is 37.8 Å². The summed E-state index contributed by atoms with van der Waals surface area (Å²) in [6.07, 6.45) is 0.843. The molecule has 18 heavy (non-hydrogen) atoms. The summed E-state index contributed by atoms with van der Waals surface area (Å²) >= 11 is 6.58. The van der Waals surface area contributed by atoms with Crippen molar-refractivity contribution in [2.45, 2.75) is 19.0 Å². The molecule has 4 nitrogen and oxygen atoms in total. The number of amides is 1. The van der Waals surface area contributed by atoms with Gasteiger partial charge >= 0.3 is 0 Å². The van der Waals surface area contributed by atoms with Crippen LogP contribution >= 0.6 is 31.9 Å². The van der Waals surface area contributed by atoms with E-state index >= 15 is 0 Å². The summed E-state index contributed by atoms with van der Waals surface area (Å²) in [5.74, 6) is 0.335.